The Balaban J connectivity index is 1.82. The van der Waals surface area contributed by atoms with Crippen molar-refractivity contribution in [1.29, 1.82) is 0 Å². The second-order valence-electron chi connectivity index (χ2n) is 7.36. The van der Waals surface area contributed by atoms with Crippen LogP contribution in [0.2, 0.25) is 0 Å². The van der Waals surface area contributed by atoms with Crippen LogP contribution in [-0.2, 0) is 11.2 Å². The zero-order valence-electron chi connectivity index (χ0n) is 16.5. The highest BCUT2D eigenvalue weighted by atomic mass is 16.4. The first-order valence-corrected chi connectivity index (χ1v) is 9.74. The van der Waals surface area contributed by atoms with Gasteiger partial charge in [0.05, 0.1) is 12.5 Å². The van der Waals surface area contributed by atoms with E-state index in [1.807, 2.05) is 49.4 Å². The quantitative estimate of drug-likeness (QED) is 0.433. The van der Waals surface area contributed by atoms with Crippen molar-refractivity contribution in [3.63, 3.8) is 0 Å². The van der Waals surface area contributed by atoms with E-state index < -0.39 is 11.9 Å². The number of aryl methyl sites for hydroxylation is 1. The lowest BCUT2D eigenvalue weighted by Gasteiger charge is -2.15. The van der Waals surface area contributed by atoms with E-state index in [1.54, 1.807) is 29.0 Å². The molecule has 0 amide bonds. The second kappa shape index (κ2) is 7.84. The standard InChI is InChI=1S/C25H20N2O3/c1-16(20-9-5-7-17-6-3-4-8-21(17)20)25(30)27-15-18(10-13-24(28)29)22-12-11-19(26-2)14-23(22)27/h3-9,11-12,14-16H,10,13H2,1H3,(H,28,29). The molecule has 148 valence electrons. The molecule has 0 saturated carbocycles. The van der Waals surface area contributed by atoms with Gasteiger partial charge in [-0.2, -0.15) is 0 Å². The van der Waals surface area contributed by atoms with Crippen LogP contribution in [0.3, 0.4) is 0 Å². The summed E-state index contributed by atoms with van der Waals surface area (Å²) in [5, 5.41) is 12.0. The fourth-order valence-corrected chi connectivity index (χ4v) is 3.95. The Morgan fingerprint density at radius 1 is 1.07 bits per heavy atom. The van der Waals surface area contributed by atoms with Gasteiger partial charge < -0.3 is 5.11 Å². The predicted octanol–water partition coefficient (Wildman–Crippen LogP) is 5.81. The van der Waals surface area contributed by atoms with Crippen molar-refractivity contribution in [1.82, 2.24) is 4.57 Å². The number of aromatic nitrogens is 1. The number of hydrogen-bond donors (Lipinski definition) is 1. The Hall–Kier alpha value is -3.91. The number of carboxylic acid groups (broad SMARTS) is 1. The summed E-state index contributed by atoms with van der Waals surface area (Å²) in [6, 6.07) is 19.1. The van der Waals surface area contributed by atoms with Gasteiger partial charge in [-0.1, -0.05) is 54.6 Å². The van der Waals surface area contributed by atoms with Crippen molar-refractivity contribution >= 4 is 39.2 Å². The molecule has 1 heterocycles. The third-order valence-corrected chi connectivity index (χ3v) is 5.51. The summed E-state index contributed by atoms with van der Waals surface area (Å²) in [6.07, 6.45) is 2.04. The van der Waals surface area contributed by atoms with E-state index in [1.165, 1.54) is 0 Å². The third kappa shape index (κ3) is 3.44. The van der Waals surface area contributed by atoms with Crippen LogP contribution in [0.5, 0.6) is 0 Å². The fourth-order valence-electron chi connectivity index (χ4n) is 3.95. The lowest BCUT2D eigenvalue weighted by molar-refractivity contribution is -0.136. The Kier molecular flexibility index (Phi) is 5.07. The number of aliphatic carboxylic acids is 1. The molecule has 4 aromatic rings. The van der Waals surface area contributed by atoms with Gasteiger partial charge in [-0.05, 0) is 41.3 Å². The number of hydrogen-bond acceptors (Lipinski definition) is 2. The summed E-state index contributed by atoms with van der Waals surface area (Å²) >= 11 is 0. The van der Waals surface area contributed by atoms with E-state index in [9.17, 15) is 9.59 Å². The van der Waals surface area contributed by atoms with Crippen molar-refractivity contribution in [3.05, 3.63) is 89.4 Å². The Morgan fingerprint density at radius 3 is 2.60 bits per heavy atom. The molecule has 0 saturated heterocycles. The molecule has 0 spiro atoms. The van der Waals surface area contributed by atoms with E-state index in [-0.39, 0.29) is 12.3 Å². The largest absolute Gasteiger partial charge is 0.481 e. The van der Waals surface area contributed by atoms with E-state index in [0.29, 0.717) is 17.6 Å². The Bertz CT molecular complexity index is 1320. The van der Waals surface area contributed by atoms with E-state index >= 15 is 0 Å². The summed E-state index contributed by atoms with van der Waals surface area (Å²) < 4.78 is 1.58. The van der Waals surface area contributed by atoms with Crippen molar-refractivity contribution < 1.29 is 14.7 Å². The summed E-state index contributed by atoms with van der Waals surface area (Å²) in [5.74, 6) is -1.40. The molecule has 4 rings (SSSR count). The van der Waals surface area contributed by atoms with E-state index in [2.05, 4.69) is 4.85 Å². The molecule has 5 heteroatoms. The Morgan fingerprint density at radius 2 is 1.83 bits per heavy atom. The molecule has 0 fully saturated rings. The molecular weight excluding hydrogens is 376 g/mol. The van der Waals surface area contributed by atoms with Crippen LogP contribution in [0.1, 0.15) is 35.2 Å². The maximum Gasteiger partial charge on any atom is 0.303 e. The highest BCUT2D eigenvalue weighted by molar-refractivity contribution is 6.00. The molecule has 5 nitrogen and oxygen atoms in total. The van der Waals surface area contributed by atoms with Gasteiger partial charge in [-0.3, -0.25) is 14.2 Å². The second-order valence-corrected chi connectivity index (χ2v) is 7.36. The predicted molar refractivity (Wildman–Crippen MR) is 117 cm³/mol. The summed E-state index contributed by atoms with van der Waals surface area (Å²) in [5.41, 5.74) is 2.81. The van der Waals surface area contributed by atoms with E-state index in [4.69, 9.17) is 11.7 Å². The minimum absolute atomic E-state index is 0.0171. The van der Waals surface area contributed by atoms with Crippen LogP contribution < -0.4 is 0 Å². The number of carbonyl (C=O) groups excluding carboxylic acids is 1. The van der Waals surface area contributed by atoms with Gasteiger partial charge in [-0.25, -0.2) is 4.85 Å². The van der Waals surface area contributed by atoms with Gasteiger partial charge in [0.15, 0.2) is 5.69 Å². The summed E-state index contributed by atoms with van der Waals surface area (Å²) in [7, 11) is 0. The molecule has 1 aromatic heterocycles. The van der Waals surface area contributed by atoms with Crippen LogP contribution >= 0.6 is 0 Å². The first kappa shape index (κ1) is 19.4. The number of carbonyl (C=O) groups is 2. The monoisotopic (exact) mass is 396 g/mol. The van der Waals surface area contributed by atoms with Crippen LogP contribution in [0.4, 0.5) is 5.69 Å². The molecule has 1 atom stereocenters. The smallest absolute Gasteiger partial charge is 0.303 e. The van der Waals surface area contributed by atoms with Crippen molar-refractivity contribution in [2.75, 3.05) is 0 Å². The molecule has 3 aromatic carbocycles. The summed E-state index contributed by atoms with van der Waals surface area (Å²) in [6.45, 7) is 9.18. The molecule has 0 bridgehead atoms. The molecule has 1 N–H and O–H groups in total. The number of carboxylic acids is 1. The van der Waals surface area contributed by atoms with Crippen molar-refractivity contribution in [3.8, 4) is 0 Å². The Labute approximate surface area is 174 Å². The molecule has 30 heavy (non-hydrogen) atoms. The molecule has 0 aliphatic heterocycles. The highest BCUT2D eigenvalue weighted by Crippen LogP contribution is 2.31. The number of fused-ring (bicyclic) bond motifs is 2. The van der Waals surface area contributed by atoms with Gasteiger partial charge in [0.2, 0.25) is 5.91 Å². The van der Waals surface area contributed by atoms with Gasteiger partial charge in [0.25, 0.3) is 0 Å². The van der Waals surface area contributed by atoms with Crippen LogP contribution in [0.25, 0.3) is 26.5 Å². The highest BCUT2D eigenvalue weighted by Gasteiger charge is 2.22. The summed E-state index contributed by atoms with van der Waals surface area (Å²) in [4.78, 5) is 28.1. The fraction of sp³-hybridized carbons (Fsp3) is 0.160. The zero-order chi connectivity index (χ0) is 21.3. The average Bonchev–Trinajstić information content (AvgIpc) is 3.14. The van der Waals surface area contributed by atoms with Crippen LogP contribution in [0, 0.1) is 6.57 Å². The van der Waals surface area contributed by atoms with Gasteiger partial charge in [-0.15, -0.1) is 0 Å². The number of nitrogens with zero attached hydrogens (tertiary/aromatic N) is 2. The van der Waals surface area contributed by atoms with Crippen LogP contribution in [-0.4, -0.2) is 21.6 Å². The molecule has 0 aliphatic rings. The van der Waals surface area contributed by atoms with Crippen molar-refractivity contribution in [2.45, 2.75) is 25.7 Å². The maximum absolute atomic E-state index is 13.5. The number of rotatable bonds is 5. The SMILES string of the molecule is [C-]#[N+]c1ccc2c(CCC(=O)O)cn(C(=O)C(C)c3cccc4ccccc34)c2c1. The lowest BCUT2D eigenvalue weighted by atomic mass is 9.94. The lowest BCUT2D eigenvalue weighted by Crippen LogP contribution is -2.17. The normalized spacial score (nSPS) is 12.0. The van der Waals surface area contributed by atoms with Gasteiger partial charge >= 0.3 is 5.97 Å². The topological polar surface area (TPSA) is 63.7 Å². The third-order valence-electron chi connectivity index (χ3n) is 5.51. The van der Waals surface area contributed by atoms with Gasteiger partial charge in [0, 0.05) is 23.5 Å². The first-order valence-electron chi connectivity index (χ1n) is 9.74. The van der Waals surface area contributed by atoms with Crippen molar-refractivity contribution in [2.24, 2.45) is 0 Å². The minimum atomic E-state index is -0.885. The zero-order valence-corrected chi connectivity index (χ0v) is 16.5. The van der Waals surface area contributed by atoms with Gasteiger partial charge in [0.1, 0.15) is 0 Å². The first-order chi connectivity index (χ1) is 14.5. The number of benzene rings is 3. The minimum Gasteiger partial charge on any atom is -0.481 e. The van der Waals surface area contributed by atoms with Crippen LogP contribution in [0.15, 0.2) is 66.9 Å². The maximum atomic E-state index is 13.5. The average molecular weight is 396 g/mol. The molecule has 1 unspecified atom stereocenters. The van der Waals surface area contributed by atoms with E-state index in [0.717, 1.165) is 27.3 Å². The molecular formula is C25H20N2O3. The molecule has 0 radical (unpaired) electrons. The molecule has 0 aliphatic carbocycles.